The first-order chi connectivity index (χ1) is 11.0. The first-order valence-electron chi connectivity index (χ1n) is 8.93. The highest BCUT2D eigenvalue weighted by atomic mass is 32.2. The lowest BCUT2D eigenvalue weighted by atomic mass is 9.77. The minimum Gasteiger partial charge on any atom is -0.361 e. The summed E-state index contributed by atoms with van der Waals surface area (Å²) in [6.07, 6.45) is 8.86. The van der Waals surface area contributed by atoms with Crippen LogP contribution in [-0.4, -0.2) is 50.3 Å². The first kappa shape index (κ1) is 18.0. The zero-order chi connectivity index (χ0) is 16.3. The van der Waals surface area contributed by atoms with Crippen molar-refractivity contribution >= 4 is 21.6 Å². The van der Waals surface area contributed by atoms with E-state index < -0.39 is 9.84 Å². The second-order valence-electron chi connectivity index (χ2n) is 7.34. The van der Waals surface area contributed by atoms with E-state index in [1.165, 1.54) is 24.9 Å². The van der Waals surface area contributed by atoms with Crippen LogP contribution >= 0.6 is 11.8 Å². The third kappa shape index (κ3) is 5.08. The van der Waals surface area contributed by atoms with Gasteiger partial charge in [0, 0.05) is 18.1 Å². The maximum Gasteiger partial charge on any atom is 0.150 e. The molecular weight excluding hydrogens is 332 g/mol. The predicted molar refractivity (Wildman–Crippen MR) is 95.1 cm³/mol. The molecular formula is C16H30N2O3S2. The summed E-state index contributed by atoms with van der Waals surface area (Å²) in [6.45, 7) is 1.81. The number of hydrogen-bond acceptors (Lipinski definition) is 6. The fraction of sp³-hybridized carbons (Fsp3) is 1.00. The summed E-state index contributed by atoms with van der Waals surface area (Å²) in [7, 11) is -2.86. The van der Waals surface area contributed by atoms with Gasteiger partial charge in [-0.25, -0.2) is 13.8 Å². The fourth-order valence-electron chi connectivity index (χ4n) is 4.18. The summed E-state index contributed by atoms with van der Waals surface area (Å²) in [4.78, 5) is 0. The van der Waals surface area contributed by atoms with E-state index in [1.54, 1.807) is 0 Å². The molecule has 23 heavy (non-hydrogen) atoms. The molecule has 0 radical (unpaired) electrons. The van der Waals surface area contributed by atoms with E-state index in [0.717, 1.165) is 45.3 Å². The molecule has 0 spiro atoms. The van der Waals surface area contributed by atoms with E-state index in [-0.39, 0.29) is 11.5 Å². The Labute approximate surface area is 144 Å². The predicted octanol–water partition coefficient (Wildman–Crippen LogP) is 1.94. The molecule has 0 aromatic heterocycles. The number of rotatable bonds is 5. The van der Waals surface area contributed by atoms with Crippen LogP contribution in [0.3, 0.4) is 0 Å². The van der Waals surface area contributed by atoms with Crippen molar-refractivity contribution in [2.45, 2.75) is 61.7 Å². The van der Waals surface area contributed by atoms with Crippen molar-refractivity contribution in [3.63, 3.8) is 0 Å². The molecule has 5 nitrogen and oxygen atoms in total. The Morgan fingerprint density at radius 1 is 1.13 bits per heavy atom. The molecule has 3 rings (SSSR count). The topological polar surface area (TPSA) is 67.4 Å². The van der Waals surface area contributed by atoms with Gasteiger partial charge in [-0.1, -0.05) is 0 Å². The smallest absolute Gasteiger partial charge is 0.150 e. The molecule has 0 amide bonds. The molecule has 2 saturated heterocycles. The summed E-state index contributed by atoms with van der Waals surface area (Å²) < 4.78 is 29.4. The molecule has 2 heterocycles. The van der Waals surface area contributed by atoms with Crippen LogP contribution in [0.15, 0.2) is 0 Å². The van der Waals surface area contributed by atoms with Crippen molar-refractivity contribution in [1.29, 1.82) is 0 Å². The van der Waals surface area contributed by atoms with Crippen LogP contribution in [0.1, 0.15) is 44.9 Å². The number of hydrazine groups is 1. The average Bonchev–Trinajstić information content (AvgIpc) is 3.06. The monoisotopic (exact) mass is 362 g/mol. The van der Waals surface area contributed by atoms with Crippen molar-refractivity contribution in [3.05, 3.63) is 0 Å². The fourth-order valence-corrected chi connectivity index (χ4v) is 6.48. The van der Waals surface area contributed by atoms with Crippen LogP contribution in [0.2, 0.25) is 0 Å². The van der Waals surface area contributed by atoms with Crippen LogP contribution in [0.5, 0.6) is 0 Å². The summed E-state index contributed by atoms with van der Waals surface area (Å²) >= 11 is 2.03. The van der Waals surface area contributed by atoms with E-state index in [1.807, 2.05) is 11.8 Å². The van der Waals surface area contributed by atoms with Crippen molar-refractivity contribution in [2.75, 3.05) is 25.2 Å². The molecule has 3 unspecified atom stereocenters. The minimum absolute atomic E-state index is 0.0996. The largest absolute Gasteiger partial charge is 0.361 e. The average molecular weight is 363 g/mol. The molecule has 3 atom stereocenters. The van der Waals surface area contributed by atoms with Gasteiger partial charge in [-0.3, -0.25) is 5.43 Å². The quantitative estimate of drug-likeness (QED) is 0.779. The first-order valence-corrected chi connectivity index (χ1v) is 11.9. The van der Waals surface area contributed by atoms with Crippen LogP contribution in [0, 0.1) is 11.8 Å². The summed E-state index contributed by atoms with van der Waals surface area (Å²) in [5, 5.41) is 0.558. The van der Waals surface area contributed by atoms with Gasteiger partial charge in [-0.15, -0.1) is 0 Å². The van der Waals surface area contributed by atoms with Crippen molar-refractivity contribution < 1.29 is 13.2 Å². The number of ether oxygens (including phenoxy) is 1. The SMILES string of the molecule is CS(=O)(=O)C1CCC(C2CNNC(OCC3CCCS3)C2)CC1. The number of thioether (sulfide) groups is 1. The number of nitrogens with one attached hydrogen (secondary N) is 2. The highest BCUT2D eigenvalue weighted by Gasteiger charge is 2.34. The highest BCUT2D eigenvalue weighted by molar-refractivity contribution is 8.00. The third-order valence-electron chi connectivity index (χ3n) is 5.64. The molecule has 134 valence electrons. The second kappa shape index (κ2) is 8.04. The van der Waals surface area contributed by atoms with Gasteiger partial charge in [-0.2, -0.15) is 11.8 Å². The Morgan fingerprint density at radius 3 is 2.57 bits per heavy atom. The number of hydrogen-bond donors (Lipinski definition) is 2. The van der Waals surface area contributed by atoms with Gasteiger partial charge < -0.3 is 4.74 Å². The van der Waals surface area contributed by atoms with E-state index in [4.69, 9.17) is 4.74 Å². The molecule has 0 aromatic rings. The van der Waals surface area contributed by atoms with Gasteiger partial charge in [0.25, 0.3) is 0 Å². The Balaban J connectivity index is 1.43. The van der Waals surface area contributed by atoms with Gasteiger partial charge in [0.15, 0.2) is 0 Å². The molecule has 3 fully saturated rings. The van der Waals surface area contributed by atoms with Gasteiger partial charge in [-0.05, 0) is 62.5 Å². The molecule has 1 saturated carbocycles. The molecule has 2 aliphatic heterocycles. The third-order valence-corrected chi connectivity index (χ3v) is 8.69. The lowest BCUT2D eigenvalue weighted by molar-refractivity contribution is -0.0256. The Bertz CT molecular complexity index is 472. The van der Waals surface area contributed by atoms with Crippen LogP contribution in [-0.2, 0) is 14.6 Å². The zero-order valence-corrected chi connectivity index (χ0v) is 15.6. The highest BCUT2D eigenvalue weighted by Crippen LogP contribution is 2.35. The van der Waals surface area contributed by atoms with Gasteiger partial charge in [0.1, 0.15) is 16.1 Å². The number of sulfone groups is 1. The zero-order valence-electron chi connectivity index (χ0n) is 14.0. The van der Waals surface area contributed by atoms with E-state index in [0.29, 0.717) is 17.1 Å². The Kier molecular flexibility index (Phi) is 6.29. The molecule has 1 aliphatic carbocycles. The lowest BCUT2D eigenvalue weighted by Crippen LogP contribution is -2.53. The second-order valence-corrected chi connectivity index (χ2v) is 11.1. The van der Waals surface area contributed by atoms with Crippen LogP contribution < -0.4 is 10.9 Å². The normalized spacial score (nSPS) is 39.4. The minimum atomic E-state index is -2.86. The van der Waals surface area contributed by atoms with Crippen molar-refractivity contribution in [3.8, 4) is 0 Å². The molecule has 2 N–H and O–H groups in total. The summed E-state index contributed by atoms with van der Waals surface area (Å²) in [5.74, 6) is 2.50. The van der Waals surface area contributed by atoms with Gasteiger partial charge in [0.2, 0.25) is 0 Å². The van der Waals surface area contributed by atoms with E-state index >= 15 is 0 Å². The van der Waals surface area contributed by atoms with Crippen LogP contribution in [0.25, 0.3) is 0 Å². The Morgan fingerprint density at radius 2 is 1.91 bits per heavy atom. The molecule has 0 bridgehead atoms. The van der Waals surface area contributed by atoms with E-state index in [2.05, 4.69) is 10.9 Å². The summed E-state index contributed by atoms with van der Waals surface area (Å²) in [6, 6.07) is 0. The molecule has 0 aromatic carbocycles. The van der Waals surface area contributed by atoms with Gasteiger partial charge >= 0.3 is 0 Å². The summed E-state index contributed by atoms with van der Waals surface area (Å²) in [5.41, 5.74) is 6.57. The van der Waals surface area contributed by atoms with Crippen molar-refractivity contribution in [1.82, 2.24) is 10.9 Å². The maximum atomic E-state index is 11.7. The lowest BCUT2D eigenvalue weighted by Gasteiger charge is -2.38. The Hall–Kier alpha value is 0.180. The van der Waals surface area contributed by atoms with Gasteiger partial charge in [0.05, 0.1) is 11.9 Å². The van der Waals surface area contributed by atoms with Crippen molar-refractivity contribution in [2.24, 2.45) is 11.8 Å². The van der Waals surface area contributed by atoms with Crippen LogP contribution in [0.4, 0.5) is 0 Å². The maximum absolute atomic E-state index is 11.7. The van der Waals surface area contributed by atoms with E-state index in [9.17, 15) is 8.42 Å². The molecule has 7 heteroatoms. The molecule has 3 aliphatic rings. The standard InChI is InChI=1S/C16H30N2O3S2/c1-23(19,20)15-6-4-12(5-7-15)13-9-16(18-17-10-13)21-11-14-3-2-8-22-14/h12-18H,2-11H2,1H3.